The largest absolute Gasteiger partial charge is 0.491 e. The number of nitrogens with one attached hydrogen (secondary N) is 1. The standard InChI is InChI=1S/C22H27F3N2O4S/c1-15(2)19-10-5-6-11-20(19)31-13-12-26-21(28)16(3)27(32(4,29)30)18-9-7-8-17(14-18)22(23,24)25/h5-11,14-16H,12-13H2,1-4H3,(H,26,28)/t16-/m1/s1. The number of carbonyl (C=O) groups excluding carboxylic acids is 1. The smallest absolute Gasteiger partial charge is 0.416 e. The third-order valence-corrected chi connectivity index (χ3v) is 5.96. The second kappa shape index (κ2) is 10.2. The van der Waals surface area contributed by atoms with Crippen molar-refractivity contribution in [2.45, 2.75) is 38.9 Å². The minimum Gasteiger partial charge on any atom is -0.491 e. The van der Waals surface area contributed by atoms with E-state index in [0.29, 0.717) is 16.1 Å². The highest BCUT2D eigenvalue weighted by atomic mass is 32.2. The molecule has 32 heavy (non-hydrogen) atoms. The molecule has 0 saturated heterocycles. The van der Waals surface area contributed by atoms with E-state index >= 15 is 0 Å². The van der Waals surface area contributed by atoms with E-state index in [-0.39, 0.29) is 24.8 Å². The summed E-state index contributed by atoms with van der Waals surface area (Å²) in [5.74, 6) is 0.275. The highest BCUT2D eigenvalue weighted by Crippen LogP contribution is 2.33. The van der Waals surface area contributed by atoms with Gasteiger partial charge in [0.05, 0.1) is 24.1 Å². The molecule has 2 aromatic rings. The van der Waals surface area contributed by atoms with E-state index in [0.717, 1.165) is 24.0 Å². The molecule has 0 aliphatic heterocycles. The maximum absolute atomic E-state index is 13.1. The average molecular weight is 473 g/mol. The highest BCUT2D eigenvalue weighted by molar-refractivity contribution is 7.92. The number of anilines is 1. The van der Waals surface area contributed by atoms with E-state index in [1.165, 1.54) is 13.0 Å². The summed E-state index contributed by atoms with van der Waals surface area (Å²) >= 11 is 0. The first-order valence-corrected chi connectivity index (χ1v) is 11.8. The lowest BCUT2D eigenvalue weighted by Gasteiger charge is -2.28. The molecule has 0 saturated carbocycles. The molecule has 1 atom stereocenters. The van der Waals surface area contributed by atoms with Gasteiger partial charge in [0.25, 0.3) is 0 Å². The van der Waals surface area contributed by atoms with Crippen molar-refractivity contribution < 1.29 is 31.1 Å². The van der Waals surface area contributed by atoms with Crippen molar-refractivity contribution in [1.29, 1.82) is 0 Å². The van der Waals surface area contributed by atoms with Crippen LogP contribution in [0.1, 0.15) is 37.8 Å². The molecule has 10 heteroatoms. The van der Waals surface area contributed by atoms with Gasteiger partial charge in [0.15, 0.2) is 0 Å². The lowest BCUT2D eigenvalue weighted by molar-refractivity contribution is -0.137. The summed E-state index contributed by atoms with van der Waals surface area (Å²) in [6.07, 6.45) is -3.81. The summed E-state index contributed by atoms with van der Waals surface area (Å²) < 4.78 is 70.1. The molecule has 0 spiro atoms. The van der Waals surface area contributed by atoms with Crippen LogP contribution in [-0.2, 0) is 21.0 Å². The predicted molar refractivity (Wildman–Crippen MR) is 117 cm³/mol. The fourth-order valence-electron chi connectivity index (χ4n) is 3.20. The molecule has 1 N–H and O–H groups in total. The number of amides is 1. The average Bonchev–Trinajstić information content (AvgIpc) is 2.69. The van der Waals surface area contributed by atoms with E-state index in [9.17, 15) is 26.4 Å². The summed E-state index contributed by atoms with van der Waals surface area (Å²) in [5.41, 5.74) is -0.236. The summed E-state index contributed by atoms with van der Waals surface area (Å²) in [6.45, 7) is 5.60. The molecule has 1 amide bonds. The molecule has 2 aromatic carbocycles. The Morgan fingerprint density at radius 1 is 1.09 bits per heavy atom. The van der Waals surface area contributed by atoms with E-state index < -0.39 is 33.7 Å². The van der Waals surface area contributed by atoms with E-state index in [4.69, 9.17) is 4.74 Å². The van der Waals surface area contributed by atoms with Gasteiger partial charge in [-0.25, -0.2) is 8.42 Å². The van der Waals surface area contributed by atoms with Crippen LogP contribution in [0.25, 0.3) is 0 Å². The van der Waals surface area contributed by atoms with Gasteiger partial charge in [-0.15, -0.1) is 0 Å². The molecule has 0 aliphatic rings. The Labute approximate surface area is 186 Å². The predicted octanol–water partition coefficient (Wildman–Crippen LogP) is 4.18. The number of sulfonamides is 1. The zero-order valence-corrected chi connectivity index (χ0v) is 19.1. The van der Waals surface area contributed by atoms with Crippen molar-refractivity contribution in [3.63, 3.8) is 0 Å². The first-order chi connectivity index (χ1) is 14.8. The molecule has 0 aliphatic carbocycles. The van der Waals surface area contributed by atoms with Crippen LogP contribution in [0.5, 0.6) is 5.75 Å². The topological polar surface area (TPSA) is 75.7 Å². The minimum absolute atomic E-state index is 0.0931. The number of carbonyl (C=O) groups is 1. The van der Waals surface area contributed by atoms with Gasteiger partial charge in [0.1, 0.15) is 18.4 Å². The van der Waals surface area contributed by atoms with Gasteiger partial charge in [-0.3, -0.25) is 9.10 Å². The Morgan fingerprint density at radius 2 is 1.75 bits per heavy atom. The van der Waals surface area contributed by atoms with E-state index in [2.05, 4.69) is 5.32 Å². The zero-order chi connectivity index (χ0) is 24.1. The Hall–Kier alpha value is -2.75. The highest BCUT2D eigenvalue weighted by Gasteiger charge is 2.34. The third-order valence-electron chi connectivity index (χ3n) is 4.72. The first kappa shape index (κ1) is 25.5. The second-order valence-corrected chi connectivity index (χ2v) is 9.47. The molecule has 0 fully saturated rings. The number of rotatable bonds is 9. The van der Waals surface area contributed by atoms with Gasteiger partial charge in [0.2, 0.25) is 15.9 Å². The summed E-state index contributed by atoms with van der Waals surface area (Å²) in [7, 11) is -4.04. The Balaban J connectivity index is 2.09. The molecule has 2 rings (SSSR count). The van der Waals surface area contributed by atoms with Gasteiger partial charge >= 0.3 is 6.18 Å². The number of alkyl halides is 3. The molecule has 0 unspecified atom stereocenters. The quantitative estimate of drug-likeness (QED) is 0.556. The van der Waals surface area contributed by atoms with Crippen molar-refractivity contribution >= 4 is 21.6 Å². The fourth-order valence-corrected chi connectivity index (χ4v) is 4.37. The fraction of sp³-hybridized carbons (Fsp3) is 0.409. The maximum atomic E-state index is 13.1. The first-order valence-electron chi connectivity index (χ1n) is 9.98. The number of hydrogen-bond donors (Lipinski definition) is 1. The summed E-state index contributed by atoms with van der Waals surface area (Å²) in [4.78, 5) is 12.6. The number of ether oxygens (including phenoxy) is 1. The minimum atomic E-state index is -4.64. The molecule has 0 radical (unpaired) electrons. The van der Waals surface area contributed by atoms with Crippen LogP contribution in [0.4, 0.5) is 18.9 Å². The zero-order valence-electron chi connectivity index (χ0n) is 18.3. The van der Waals surface area contributed by atoms with Crippen molar-refractivity contribution in [1.82, 2.24) is 5.32 Å². The Kier molecular flexibility index (Phi) is 8.17. The monoisotopic (exact) mass is 472 g/mol. The van der Waals surface area contributed by atoms with Crippen molar-refractivity contribution in [2.24, 2.45) is 0 Å². The van der Waals surface area contributed by atoms with E-state index in [1.54, 1.807) is 0 Å². The van der Waals surface area contributed by atoms with Crippen LogP contribution >= 0.6 is 0 Å². The second-order valence-electron chi connectivity index (χ2n) is 7.61. The van der Waals surface area contributed by atoms with E-state index in [1.807, 2.05) is 38.1 Å². The number of halogens is 3. The normalized spacial score (nSPS) is 13.0. The van der Waals surface area contributed by atoms with Crippen LogP contribution in [0.15, 0.2) is 48.5 Å². The number of para-hydroxylation sites is 1. The van der Waals surface area contributed by atoms with Crippen LogP contribution in [-0.4, -0.2) is 39.8 Å². The molecule has 0 aromatic heterocycles. The van der Waals surface area contributed by atoms with Crippen LogP contribution in [0.2, 0.25) is 0 Å². The van der Waals surface area contributed by atoms with Crippen LogP contribution < -0.4 is 14.4 Å². The summed E-state index contributed by atoms with van der Waals surface area (Å²) in [5, 5.41) is 2.58. The number of hydrogen-bond acceptors (Lipinski definition) is 4. The van der Waals surface area contributed by atoms with Gasteiger partial charge < -0.3 is 10.1 Å². The third kappa shape index (κ3) is 6.62. The van der Waals surface area contributed by atoms with Crippen molar-refractivity contribution in [2.75, 3.05) is 23.7 Å². The molecule has 0 heterocycles. The molecular weight excluding hydrogens is 445 g/mol. The lowest BCUT2D eigenvalue weighted by atomic mass is 10.0. The van der Waals surface area contributed by atoms with Crippen molar-refractivity contribution in [3.05, 3.63) is 59.7 Å². The molecule has 6 nitrogen and oxygen atoms in total. The molecule has 0 bridgehead atoms. The Morgan fingerprint density at radius 3 is 2.34 bits per heavy atom. The number of benzene rings is 2. The lowest BCUT2D eigenvalue weighted by Crippen LogP contribution is -2.48. The molecule has 176 valence electrons. The summed E-state index contributed by atoms with van der Waals surface area (Å²) in [6, 6.07) is 10.1. The van der Waals surface area contributed by atoms with Crippen LogP contribution in [0.3, 0.4) is 0 Å². The van der Waals surface area contributed by atoms with Gasteiger partial charge in [0, 0.05) is 0 Å². The van der Waals surface area contributed by atoms with Gasteiger partial charge in [-0.05, 0) is 42.7 Å². The number of nitrogens with zero attached hydrogens (tertiary/aromatic N) is 1. The maximum Gasteiger partial charge on any atom is 0.416 e. The van der Waals surface area contributed by atoms with Gasteiger partial charge in [-0.2, -0.15) is 13.2 Å². The van der Waals surface area contributed by atoms with Gasteiger partial charge in [-0.1, -0.05) is 38.1 Å². The SMILES string of the molecule is CC(C)c1ccccc1OCCNC(=O)[C@@H](C)N(c1cccc(C(F)(F)F)c1)S(C)(=O)=O. The van der Waals surface area contributed by atoms with Crippen molar-refractivity contribution in [3.8, 4) is 5.75 Å². The molecular formula is C22H27F3N2O4S. The van der Waals surface area contributed by atoms with Crippen LogP contribution in [0, 0.1) is 0 Å². The Bertz CT molecular complexity index is 1040.